The Kier molecular flexibility index (Phi) is 3.86. The monoisotopic (exact) mass is 282 g/mol. The lowest BCUT2D eigenvalue weighted by Crippen LogP contribution is -2.56. The molecule has 1 aliphatic heterocycles. The van der Waals surface area contributed by atoms with Crippen LogP contribution in [0.25, 0.3) is 0 Å². The maximum absolute atomic E-state index is 12.0. The van der Waals surface area contributed by atoms with Crippen molar-refractivity contribution in [3.05, 3.63) is 11.1 Å². The zero-order valence-corrected chi connectivity index (χ0v) is 12.1. The van der Waals surface area contributed by atoms with Crippen molar-refractivity contribution in [2.24, 2.45) is 0 Å². The van der Waals surface area contributed by atoms with E-state index in [2.05, 4.69) is 41.7 Å². The van der Waals surface area contributed by atoms with E-state index in [1.54, 1.807) is 0 Å². The molecule has 0 bridgehead atoms. The molecule has 19 heavy (non-hydrogen) atoms. The van der Waals surface area contributed by atoms with E-state index in [0.29, 0.717) is 11.7 Å². The number of anilines is 1. The third-order valence-electron chi connectivity index (χ3n) is 2.83. The van der Waals surface area contributed by atoms with Crippen LogP contribution in [0.5, 0.6) is 0 Å². The van der Waals surface area contributed by atoms with Crippen LogP contribution in [-0.4, -0.2) is 35.9 Å². The van der Waals surface area contributed by atoms with Gasteiger partial charge in [-0.15, -0.1) is 11.3 Å². The van der Waals surface area contributed by atoms with Crippen molar-refractivity contribution in [1.29, 1.82) is 0 Å². The summed E-state index contributed by atoms with van der Waals surface area (Å²) >= 11 is 1.41. The molecular weight excluding hydrogens is 264 g/mol. The summed E-state index contributed by atoms with van der Waals surface area (Å²) in [6.07, 6.45) is 0. The Morgan fingerprint density at radius 3 is 2.79 bits per heavy atom. The standard InChI is InChI=1S/C12H18N4O2S/c1-12(2,3)8-6-19-11(15-8)16-10(18)7-4-14-9(17)5-13-7/h6-7,13H,4-5H2,1-3H3,(H,14,17)(H,15,16,18). The van der Waals surface area contributed by atoms with Crippen LogP contribution in [-0.2, 0) is 15.0 Å². The van der Waals surface area contributed by atoms with E-state index in [0.717, 1.165) is 5.69 Å². The minimum Gasteiger partial charge on any atom is -0.353 e. The number of thiazole rings is 1. The molecule has 0 radical (unpaired) electrons. The van der Waals surface area contributed by atoms with Crippen LogP contribution in [0.2, 0.25) is 0 Å². The second-order valence-corrected chi connectivity index (χ2v) is 6.37. The first kappa shape index (κ1) is 14.0. The highest BCUT2D eigenvalue weighted by Gasteiger charge is 2.25. The molecule has 0 spiro atoms. The van der Waals surface area contributed by atoms with Gasteiger partial charge in [-0.25, -0.2) is 4.98 Å². The van der Waals surface area contributed by atoms with Gasteiger partial charge in [0.1, 0.15) is 6.04 Å². The second kappa shape index (κ2) is 5.26. The number of carbonyl (C=O) groups is 2. The van der Waals surface area contributed by atoms with E-state index in [-0.39, 0.29) is 23.8 Å². The van der Waals surface area contributed by atoms with Gasteiger partial charge in [0.2, 0.25) is 11.8 Å². The molecule has 1 unspecified atom stereocenters. The highest BCUT2D eigenvalue weighted by molar-refractivity contribution is 7.14. The summed E-state index contributed by atoms with van der Waals surface area (Å²) in [6.45, 7) is 6.70. The highest BCUT2D eigenvalue weighted by Crippen LogP contribution is 2.26. The maximum Gasteiger partial charge on any atom is 0.245 e. The largest absolute Gasteiger partial charge is 0.353 e. The Hall–Kier alpha value is -1.47. The Morgan fingerprint density at radius 1 is 1.53 bits per heavy atom. The Labute approximate surface area is 116 Å². The third kappa shape index (κ3) is 3.51. The Balaban J connectivity index is 1.95. The van der Waals surface area contributed by atoms with Crippen molar-refractivity contribution in [3.63, 3.8) is 0 Å². The molecule has 1 saturated heterocycles. The summed E-state index contributed by atoms with van der Waals surface area (Å²) < 4.78 is 0. The molecule has 1 aliphatic rings. The number of aromatic nitrogens is 1. The normalized spacial score (nSPS) is 19.9. The first-order valence-corrected chi connectivity index (χ1v) is 7.01. The SMILES string of the molecule is CC(C)(C)c1csc(NC(=O)C2CNC(=O)CN2)n1. The number of amides is 2. The summed E-state index contributed by atoms with van der Waals surface area (Å²) in [5.41, 5.74) is 0.925. The van der Waals surface area contributed by atoms with Gasteiger partial charge in [0.05, 0.1) is 12.2 Å². The van der Waals surface area contributed by atoms with E-state index in [1.165, 1.54) is 11.3 Å². The quantitative estimate of drug-likeness (QED) is 0.736. The zero-order valence-electron chi connectivity index (χ0n) is 11.2. The number of rotatable bonds is 2. The molecule has 104 valence electrons. The van der Waals surface area contributed by atoms with E-state index in [4.69, 9.17) is 0 Å². The average molecular weight is 282 g/mol. The highest BCUT2D eigenvalue weighted by atomic mass is 32.1. The van der Waals surface area contributed by atoms with Crippen LogP contribution in [0.4, 0.5) is 5.13 Å². The van der Waals surface area contributed by atoms with Crippen LogP contribution in [0.15, 0.2) is 5.38 Å². The molecule has 1 atom stereocenters. The summed E-state index contributed by atoms with van der Waals surface area (Å²) in [5, 5.41) is 10.8. The molecule has 7 heteroatoms. The Bertz CT molecular complexity index is 482. The molecule has 1 aromatic heterocycles. The van der Waals surface area contributed by atoms with E-state index in [9.17, 15) is 9.59 Å². The van der Waals surface area contributed by atoms with Crippen LogP contribution in [0, 0.1) is 0 Å². The molecule has 0 saturated carbocycles. The maximum atomic E-state index is 12.0. The van der Waals surface area contributed by atoms with Gasteiger partial charge in [-0.05, 0) is 0 Å². The summed E-state index contributed by atoms with van der Waals surface area (Å²) in [6, 6.07) is -0.403. The first-order valence-electron chi connectivity index (χ1n) is 6.13. The van der Waals surface area contributed by atoms with Crippen molar-refractivity contribution in [3.8, 4) is 0 Å². The number of carbonyl (C=O) groups excluding carboxylic acids is 2. The van der Waals surface area contributed by atoms with Gasteiger partial charge in [0.15, 0.2) is 5.13 Å². The molecule has 1 fully saturated rings. The molecule has 0 aliphatic carbocycles. The second-order valence-electron chi connectivity index (χ2n) is 5.51. The first-order chi connectivity index (χ1) is 8.86. The number of hydrogen-bond donors (Lipinski definition) is 3. The fraction of sp³-hybridized carbons (Fsp3) is 0.583. The lowest BCUT2D eigenvalue weighted by molar-refractivity contribution is -0.124. The lowest BCUT2D eigenvalue weighted by atomic mass is 9.93. The number of nitrogens with one attached hydrogen (secondary N) is 3. The van der Waals surface area contributed by atoms with Crippen molar-refractivity contribution in [2.75, 3.05) is 18.4 Å². The van der Waals surface area contributed by atoms with Crippen molar-refractivity contribution < 1.29 is 9.59 Å². The van der Waals surface area contributed by atoms with Crippen molar-refractivity contribution in [2.45, 2.75) is 32.2 Å². The number of hydrogen-bond acceptors (Lipinski definition) is 5. The van der Waals surface area contributed by atoms with Gasteiger partial charge < -0.3 is 10.6 Å². The summed E-state index contributed by atoms with van der Waals surface area (Å²) in [5.74, 6) is -0.261. The molecule has 2 rings (SSSR count). The van der Waals surface area contributed by atoms with Crippen LogP contribution in [0.3, 0.4) is 0 Å². The molecule has 2 heterocycles. The molecule has 0 aromatic carbocycles. The summed E-state index contributed by atoms with van der Waals surface area (Å²) in [4.78, 5) is 27.4. The van der Waals surface area contributed by atoms with Crippen molar-refractivity contribution >= 4 is 28.3 Å². The molecule has 1 aromatic rings. The van der Waals surface area contributed by atoms with Gasteiger partial charge >= 0.3 is 0 Å². The van der Waals surface area contributed by atoms with Gasteiger partial charge in [-0.1, -0.05) is 20.8 Å². The van der Waals surface area contributed by atoms with Crippen molar-refractivity contribution in [1.82, 2.24) is 15.6 Å². The third-order valence-corrected chi connectivity index (χ3v) is 3.59. The van der Waals surface area contributed by atoms with Gasteiger partial charge in [-0.3, -0.25) is 14.9 Å². The van der Waals surface area contributed by atoms with E-state index < -0.39 is 6.04 Å². The minimum absolute atomic E-state index is 0.0312. The van der Waals surface area contributed by atoms with Gasteiger partial charge in [0.25, 0.3) is 0 Å². The van der Waals surface area contributed by atoms with E-state index in [1.807, 2.05) is 5.38 Å². The molecule has 2 amide bonds. The predicted molar refractivity (Wildman–Crippen MR) is 74.2 cm³/mol. The predicted octanol–water partition coefficient (Wildman–Crippen LogP) is 0.467. The fourth-order valence-electron chi connectivity index (χ4n) is 1.62. The van der Waals surface area contributed by atoms with Gasteiger partial charge in [0, 0.05) is 17.3 Å². The topological polar surface area (TPSA) is 83.1 Å². The molecule has 6 nitrogen and oxygen atoms in total. The van der Waals surface area contributed by atoms with E-state index >= 15 is 0 Å². The zero-order chi connectivity index (χ0) is 14.0. The van der Waals surface area contributed by atoms with Crippen LogP contribution >= 0.6 is 11.3 Å². The molecular formula is C12H18N4O2S. The Morgan fingerprint density at radius 2 is 2.26 bits per heavy atom. The summed E-state index contributed by atoms with van der Waals surface area (Å²) in [7, 11) is 0. The average Bonchev–Trinajstić information content (AvgIpc) is 2.78. The fourth-order valence-corrected chi connectivity index (χ4v) is 2.56. The lowest BCUT2D eigenvalue weighted by Gasteiger charge is -2.22. The minimum atomic E-state index is -0.403. The molecule has 3 N–H and O–H groups in total. The van der Waals surface area contributed by atoms with Crippen LogP contribution in [0.1, 0.15) is 26.5 Å². The number of nitrogens with zero attached hydrogens (tertiary/aromatic N) is 1. The smallest absolute Gasteiger partial charge is 0.245 e. The van der Waals surface area contributed by atoms with Gasteiger partial charge in [-0.2, -0.15) is 0 Å². The van der Waals surface area contributed by atoms with Crippen LogP contribution < -0.4 is 16.0 Å². The number of piperazine rings is 1.